The zero-order chi connectivity index (χ0) is 12.5. The number of ether oxygens (including phenoxy) is 1. The highest BCUT2D eigenvalue weighted by Crippen LogP contribution is 2.48. The average molecular weight is 247 g/mol. The van der Waals surface area contributed by atoms with Gasteiger partial charge in [-0.3, -0.25) is 4.79 Å². The standard InChI is InChI=1S/C13H13NO4/c1-8-5-9(18-14-8)7-17-13(15)11-6-10(11)12-3-2-4-16-12/h2-5,10-11H,6-7H2,1H3. The number of nitrogens with zero attached hydrogens (tertiary/aromatic N) is 1. The maximum absolute atomic E-state index is 11.8. The molecule has 1 fully saturated rings. The number of furan rings is 1. The first-order chi connectivity index (χ1) is 8.74. The van der Waals surface area contributed by atoms with Crippen LogP contribution in [0.1, 0.15) is 29.6 Å². The number of carbonyl (C=O) groups is 1. The van der Waals surface area contributed by atoms with Crippen molar-refractivity contribution in [2.45, 2.75) is 25.9 Å². The average Bonchev–Trinajstić information content (AvgIpc) is 2.79. The Kier molecular flexibility index (Phi) is 2.66. The van der Waals surface area contributed by atoms with E-state index in [1.807, 2.05) is 19.1 Å². The molecule has 1 saturated carbocycles. The van der Waals surface area contributed by atoms with Gasteiger partial charge in [0.05, 0.1) is 17.9 Å². The van der Waals surface area contributed by atoms with Crippen LogP contribution >= 0.6 is 0 Å². The van der Waals surface area contributed by atoms with Crippen molar-refractivity contribution in [3.8, 4) is 0 Å². The van der Waals surface area contributed by atoms with Gasteiger partial charge in [0, 0.05) is 12.0 Å². The van der Waals surface area contributed by atoms with E-state index >= 15 is 0 Å². The minimum absolute atomic E-state index is 0.0832. The quantitative estimate of drug-likeness (QED) is 0.776. The predicted octanol–water partition coefficient (Wildman–Crippen LogP) is 2.42. The van der Waals surface area contributed by atoms with Crippen molar-refractivity contribution in [2.24, 2.45) is 5.92 Å². The van der Waals surface area contributed by atoms with Crippen LogP contribution in [0.25, 0.3) is 0 Å². The first kappa shape index (κ1) is 11.1. The van der Waals surface area contributed by atoms with E-state index in [1.54, 1.807) is 12.3 Å². The smallest absolute Gasteiger partial charge is 0.310 e. The lowest BCUT2D eigenvalue weighted by Gasteiger charge is -2.00. The van der Waals surface area contributed by atoms with Crippen LogP contribution in [-0.2, 0) is 16.1 Å². The Morgan fingerprint density at radius 1 is 1.61 bits per heavy atom. The van der Waals surface area contributed by atoms with Gasteiger partial charge in [-0.15, -0.1) is 0 Å². The fourth-order valence-corrected chi connectivity index (χ4v) is 2.01. The topological polar surface area (TPSA) is 65.5 Å². The van der Waals surface area contributed by atoms with E-state index in [4.69, 9.17) is 13.7 Å². The van der Waals surface area contributed by atoms with Crippen LogP contribution in [0.15, 0.2) is 33.4 Å². The Balaban J connectivity index is 1.51. The number of aryl methyl sites for hydroxylation is 1. The van der Waals surface area contributed by atoms with E-state index < -0.39 is 0 Å². The SMILES string of the molecule is Cc1cc(COC(=O)C2CC2c2ccco2)on1. The first-order valence-corrected chi connectivity index (χ1v) is 5.86. The summed E-state index contributed by atoms with van der Waals surface area (Å²) < 4.78 is 15.4. The molecule has 5 nitrogen and oxygen atoms in total. The second-order valence-electron chi connectivity index (χ2n) is 4.51. The van der Waals surface area contributed by atoms with Crippen LogP contribution in [0.2, 0.25) is 0 Å². The molecule has 2 heterocycles. The highest BCUT2D eigenvalue weighted by molar-refractivity contribution is 5.77. The first-order valence-electron chi connectivity index (χ1n) is 5.86. The molecule has 0 amide bonds. The summed E-state index contributed by atoms with van der Waals surface area (Å²) in [6.07, 6.45) is 2.41. The van der Waals surface area contributed by atoms with Crippen molar-refractivity contribution in [1.82, 2.24) is 5.16 Å². The number of hydrogen-bond donors (Lipinski definition) is 0. The van der Waals surface area contributed by atoms with Crippen LogP contribution in [0.3, 0.4) is 0 Å². The lowest BCUT2D eigenvalue weighted by Crippen LogP contribution is -2.07. The second kappa shape index (κ2) is 4.33. The lowest BCUT2D eigenvalue weighted by molar-refractivity contribution is -0.147. The van der Waals surface area contributed by atoms with E-state index in [1.165, 1.54) is 0 Å². The Labute approximate surface area is 104 Å². The maximum Gasteiger partial charge on any atom is 0.310 e. The van der Waals surface area contributed by atoms with Gasteiger partial charge in [-0.2, -0.15) is 0 Å². The Bertz CT molecular complexity index is 543. The summed E-state index contributed by atoms with van der Waals surface area (Å²) in [5.41, 5.74) is 0.779. The minimum Gasteiger partial charge on any atom is -0.469 e. The van der Waals surface area contributed by atoms with Crippen LogP contribution in [0, 0.1) is 12.8 Å². The molecule has 0 saturated heterocycles. The van der Waals surface area contributed by atoms with Crippen LogP contribution in [0.4, 0.5) is 0 Å². The van der Waals surface area contributed by atoms with Crippen LogP contribution < -0.4 is 0 Å². The summed E-state index contributed by atoms with van der Waals surface area (Å²) in [7, 11) is 0. The molecule has 2 aromatic rings. The molecule has 5 heteroatoms. The monoisotopic (exact) mass is 247 g/mol. The van der Waals surface area contributed by atoms with E-state index in [-0.39, 0.29) is 24.4 Å². The van der Waals surface area contributed by atoms with Gasteiger partial charge in [-0.25, -0.2) is 0 Å². The summed E-state index contributed by atoms with van der Waals surface area (Å²) in [6.45, 7) is 1.96. The van der Waals surface area contributed by atoms with Gasteiger partial charge in [-0.1, -0.05) is 5.16 Å². The molecule has 0 aliphatic heterocycles. The van der Waals surface area contributed by atoms with E-state index in [9.17, 15) is 4.79 Å². The van der Waals surface area contributed by atoms with Gasteiger partial charge in [0.2, 0.25) is 0 Å². The fraction of sp³-hybridized carbons (Fsp3) is 0.385. The predicted molar refractivity (Wildman–Crippen MR) is 60.6 cm³/mol. The summed E-state index contributed by atoms with van der Waals surface area (Å²) in [5.74, 6) is 1.30. The Hall–Kier alpha value is -2.04. The summed E-state index contributed by atoms with van der Waals surface area (Å²) in [6, 6.07) is 5.47. The zero-order valence-electron chi connectivity index (χ0n) is 9.96. The molecular formula is C13H13NO4. The van der Waals surface area contributed by atoms with Gasteiger partial charge in [-0.05, 0) is 25.5 Å². The Morgan fingerprint density at radius 3 is 3.17 bits per heavy atom. The van der Waals surface area contributed by atoms with Crippen molar-refractivity contribution in [1.29, 1.82) is 0 Å². The Morgan fingerprint density at radius 2 is 2.50 bits per heavy atom. The molecule has 94 valence electrons. The number of carbonyl (C=O) groups excluding carboxylic acids is 1. The summed E-state index contributed by atoms with van der Waals surface area (Å²) >= 11 is 0. The van der Waals surface area contributed by atoms with E-state index in [0.29, 0.717) is 5.76 Å². The minimum atomic E-state index is -0.203. The molecule has 0 spiro atoms. The van der Waals surface area contributed by atoms with Crippen LogP contribution in [-0.4, -0.2) is 11.1 Å². The third-order valence-electron chi connectivity index (χ3n) is 3.04. The number of rotatable bonds is 4. The van der Waals surface area contributed by atoms with E-state index in [2.05, 4.69) is 5.16 Å². The van der Waals surface area contributed by atoms with Crippen LogP contribution in [0.5, 0.6) is 0 Å². The van der Waals surface area contributed by atoms with Crippen molar-refractivity contribution in [3.63, 3.8) is 0 Å². The molecule has 2 atom stereocenters. The molecule has 0 bridgehead atoms. The van der Waals surface area contributed by atoms with Crippen molar-refractivity contribution < 1.29 is 18.5 Å². The molecule has 2 aromatic heterocycles. The molecule has 3 rings (SSSR count). The third kappa shape index (κ3) is 2.16. The van der Waals surface area contributed by atoms with Crippen molar-refractivity contribution >= 4 is 5.97 Å². The second-order valence-corrected chi connectivity index (χ2v) is 4.51. The normalized spacial score (nSPS) is 21.8. The summed E-state index contributed by atoms with van der Waals surface area (Å²) in [5, 5.41) is 3.73. The zero-order valence-corrected chi connectivity index (χ0v) is 9.96. The largest absolute Gasteiger partial charge is 0.469 e. The van der Waals surface area contributed by atoms with E-state index in [0.717, 1.165) is 17.9 Å². The highest BCUT2D eigenvalue weighted by atomic mass is 16.5. The number of aromatic nitrogens is 1. The highest BCUT2D eigenvalue weighted by Gasteiger charge is 2.47. The fourth-order valence-electron chi connectivity index (χ4n) is 2.01. The van der Waals surface area contributed by atoms with Crippen molar-refractivity contribution in [2.75, 3.05) is 0 Å². The molecule has 1 aliphatic carbocycles. The van der Waals surface area contributed by atoms with Crippen molar-refractivity contribution in [3.05, 3.63) is 41.7 Å². The van der Waals surface area contributed by atoms with Gasteiger partial charge >= 0.3 is 5.97 Å². The van der Waals surface area contributed by atoms with Gasteiger partial charge in [0.1, 0.15) is 5.76 Å². The molecular weight excluding hydrogens is 234 g/mol. The third-order valence-corrected chi connectivity index (χ3v) is 3.04. The molecule has 0 N–H and O–H groups in total. The maximum atomic E-state index is 11.8. The van der Waals surface area contributed by atoms with Gasteiger partial charge in [0.15, 0.2) is 12.4 Å². The molecule has 0 radical (unpaired) electrons. The molecule has 18 heavy (non-hydrogen) atoms. The lowest BCUT2D eigenvalue weighted by atomic mass is 10.2. The van der Waals surface area contributed by atoms with Gasteiger partial charge in [0.25, 0.3) is 0 Å². The number of esters is 1. The summed E-state index contributed by atoms with van der Waals surface area (Å²) in [4.78, 5) is 11.8. The molecule has 0 aromatic carbocycles. The number of hydrogen-bond acceptors (Lipinski definition) is 5. The van der Waals surface area contributed by atoms with Gasteiger partial charge < -0.3 is 13.7 Å². The molecule has 1 aliphatic rings. The molecule has 2 unspecified atom stereocenters.